The van der Waals surface area contributed by atoms with Crippen LogP contribution in [0.15, 0.2) is 36.9 Å². The second kappa shape index (κ2) is 5.49. The Bertz CT molecular complexity index is 838. The highest BCUT2D eigenvalue weighted by molar-refractivity contribution is 5.93. The van der Waals surface area contributed by atoms with Gasteiger partial charge in [0, 0.05) is 25.1 Å². The van der Waals surface area contributed by atoms with E-state index in [1.165, 1.54) is 0 Å². The molecule has 0 aromatic carbocycles. The molecular weight excluding hydrogens is 292 g/mol. The highest BCUT2D eigenvalue weighted by Gasteiger charge is 2.31. The molecule has 7 heteroatoms. The average Bonchev–Trinajstić information content (AvgIpc) is 3.26. The van der Waals surface area contributed by atoms with E-state index in [4.69, 9.17) is 0 Å². The van der Waals surface area contributed by atoms with Gasteiger partial charge < -0.3 is 9.30 Å². The van der Waals surface area contributed by atoms with E-state index in [1.54, 1.807) is 10.9 Å². The first-order valence-corrected chi connectivity index (χ1v) is 7.81. The lowest BCUT2D eigenvalue weighted by Gasteiger charge is -2.23. The quantitative estimate of drug-likeness (QED) is 0.736. The number of likely N-dealkylation sites (tertiary alicyclic amines) is 1. The number of rotatable bonds is 3. The van der Waals surface area contributed by atoms with Gasteiger partial charge in [0.05, 0.1) is 18.8 Å². The number of imidazole rings is 1. The molecule has 0 spiro atoms. The second-order valence-electron chi connectivity index (χ2n) is 6.02. The topological polar surface area (TPSA) is 68.3 Å². The van der Waals surface area contributed by atoms with E-state index in [-0.39, 0.29) is 11.9 Å². The second-order valence-corrected chi connectivity index (χ2v) is 6.02. The molecule has 0 N–H and O–H groups in total. The number of pyridine rings is 1. The molecule has 1 fully saturated rings. The van der Waals surface area contributed by atoms with Gasteiger partial charge in [0.25, 0.3) is 5.91 Å². The number of hydrogen-bond acceptors (Lipinski definition) is 4. The van der Waals surface area contributed by atoms with Crippen LogP contribution in [0.4, 0.5) is 0 Å². The molecule has 0 bridgehead atoms. The zero-order valence-electron chi connectivity index (χ0n) is 13.0. The third-order valence-electron chi connectivity index (χ3n) is 4.34. The molecule has 4 rings (SSSR count). The van der Waals surface area contributed by atoms with Gasteiger partial charge in [0.1, 0.15) is 11.3 Å². The molecule has 7 nitrogen and oxygen atoms in total. The van der Waals surface area contributed by atoms with Crippen LogP contribution in [0, 0.1) is 6.92 Å². The summed E-state index contributed by atoms with van der Waals surface area (Å²) >= 11 is 0. The van der Waals surface area contributed by atoms with Gasteiger partial charge in [-0.2, -0.15) is 0 Å². The summed E-state index contributed by atoms with van der Waals surface area (Å²) in [5.41, 5.74) is 2.44. The van der Waals surface area contributed by atoms with Crippen LogP contribution in [0.1, 0.15) is 28.9 Å². The van der Waals surface area contributed by atoms with E-state index in [9.17, 15) is 4.79 Å². The Morgan fingerprint density at radius 2 is 2.30 bits per heavy atom. The summed E-state index contributed by atoms with van der Waals surface area (Å²) in [5.74, 6) is -0.00558. The molecule has 1 saturated heterocycles. The van der Waals surface area contributed by atoms with Gasteiger partial charge >= 0.3 is 0 Å². The first-order chi connectivity index (χ1) is 11.2. The average molecular weight is 310 g/mol. The molecule has 0 saturated carbocycles. The number of amides is 1. The Hall–Kier alpha value is -2.70. The van der Waals surface area contributed by atoms with Gasteiger partial charge in [-0.1, -0.05) is 5.21 Å². The van der Waals surface area contributed by atoms with Crippen molar-refractivity contribution in [2.45, 2.75) is 32.4 Å². The fourth-order valence-corrected chi connectivity index (χ4v) is 3.17. The van der Waals surface area contributed by atoms with Crippen molar-refractivity contribution in [3.8, 4) is 0 Å². The number of aryl methyl sites for hydroxylation is 1. The van der Waals surface area contributed by atoms with Gasteiger partial charge in [-0.3, -0.25) is 9.48 Å². The molecule has 0 aliphatic carbocycles. The van der Waals surface area contributed by atoms with Crippen molar-refractivity contribution in [2.24, 2.45) is 0 Å². The summed E-state index contributed by atoms with van der Waals surface area (Å²) in [7, 11) is 0. The summed E-state index contributed by atoms with van der Waals surface area (Å²) in [4.78, 5) is 19.2. The van der Waals surface area contributed by atoms with Crippen LogP contribution in [-0.2, 0) is 6.54 Å². The standard InChI is InChI=1S/C16H18N6O/c1-12-4-7-20-11-14(18-15(20)9-12)16(23)22-6-2-3-13(22)10-21-8-5-17-19-21/h4-5,7-9,11,13H,2-3,6,10H2,1H3. The fraction of sp³-hybridized carbons (Fsp3) is 0.375. The third kappa shape index (κ3) is 2.58. The van der Waals surface area contributed by atoms with Crippen LogP contribution in [0.3, 0.4) is 0 Å². The number of nitrogens with zero attached hydrogens (tertiary/aromatic N) is 6. The van der Waals surface area contributed by atoms with Gasteiger partial charge in [0.2, 0.25) is 0 Å². The maximum absolute atomic E-state index is 12.8. The van der Waals surface area contributed by atoms with Crippen LogP contribution in [0.25, 0.3) is 5.65 Å². The van der Waals surface area contributed by atoms with Crippen molar-refractivity contribution >= 4 is 11.6 Å². The maximum Gasteiger partial charge on any atom is 0.274 e. The van der Waals surface area contributed by atoms with Crippen LogP contribution in [0.2, 0.25) is 0 Å². The number of carbonyl (C=O) groups is 1. The lowest BCUT2D eigenvalue weighted by atomic mass is 10.2. The highest BCUT2D eigenvalue weighted by atomic mass is 16.2. The predicted octanol–water partition coefficient (Wildman–Crippen LogP) is 1.54. The first kappa shape index (κ1) is 13.9. The lowest BCUT2D eigenvalue weighted by Crippen LogP contribution is -2.38. The molecule has 1 aliphatic heterocycles. The summed E-state index contributed by atoms with van der Waals surface area (Å²) < 4.78 is 3.67. The van der Waals surface area contributed by atoms with Crippen molar-refractivity contribution < 1.29 is 4.79 Å². The number of carbonyl (C=O) groups excluding carboxylic acids is 1. The monoisotopic (exact) mass is 310 g/mol. The van der Waals surface area contributed by atoms with E-state index < -0.39 is 0 Å². The minimum atomic E-state index is -0.00558. The molecular formula is C16H18N6O. The smallest absolute Gasteiger partial charge is 0.274 e. The van der Waals surface area contributed by atoms with Crippen LogP contribution >= 0.6 is 0 Å². The Kier molecular flexibility index (Phi) is 3.33. The number of aromatic nitrogens is 5. The third-order valence-corrected chi connectivity index (χ3v) is 4.34. The molecule has 1 aliphatic rings. The van der Waals surface area contributed by atoms with Crippen molar-refractivity contribution in [2.75, 3.05) is 6.54 Å². The van der Waals surface area contributed by atoms with Gasteiger partial charge in [-0.25, -0.2) is 4.98 Å². The Labute approximate surface area is 133 Å². The van der Waals surface area contributed by atoms with Gasteiger partial charge in [0.15, 0.2) is 0 Å². The molecule has 3 aromatic rings. The Morgan fingerprint density at radius 1 is 1.39 bits per heavy atom. The summed E-state index contributed by atoms with van der Waals surface area (Å²) in [6.45, 7) is 3.47. The zero-order chi connectivity index (χ0) is 15.8. The van der Waals surface area contributed by atoms with Crippen LogP contribution < -0.4 is 0 Å². The Morgan fingerprint density at radius 3 is 3.13 bits per heavy atom. The van der Waals surface area contributed by atoms with Crippen LogP contribution in [-0.4, -0.2) is 47.8 Å². The lowest BCUT2D eigenvalue weighted by molar-refractivity contribution is 0.0716. The molecule has 4 heterocycles. The zero-order valence-corrected chi connectivity index (χ0v) is 13.0. The molecule has 1 amide bonds. The molecule has 23 heavy (non-hydrogen) atoms. The highest BCUT2D eigenvalue weighted by Crippen LogP contribution is 2.21. The van der Waals surface area contributed by atoms with Crippen molar-refractivity contribution in [1.29, 1.82) is 0 Å². The molecule has 0 radical (unpaired) electrons. The first-order valence-electron chi connectivity index (χ1n) is 7.81. The van der Waals surface area contributed by atoms with Crippen molar-refractivity contribution in [3.05, 3.63) is 48.2 Å². The van der Waals surface area contributed by atoms with Gasteiger partial charge in [-0.05, 0) is 37.5 Å². The molecule has 3 aromatic heterocycles. The van der Waals surface area contributed by atoms with Crippen molar-refractivity contribution in [1.82, 2.24) is 29.3 Å². The SMILES string of the molecule is Cc1ccn2cc(C(=O)N3CCCC3Cn3ccnn3)nc2c1. The number of hydrogen-bond donors (Lipinski definition) is 0. The van der Waals surface area contributed by atoms with E-state index in [2.05, 4.69) is 15.3 Å². The van der Waals surface area contributed by atoms with Crippen molar-refractivity contribution in [3.63, 3.8) is 0 Å². The number of fused-ring (bicyclic) bond motifs is 1. The minimum absolute atomic E-state index is 0.00558. The normalized spacial score (nSPS) is 18.0. The van der Waals surface area contributed by atoms with Crippen LogP contribution in [0.5, 0.6) is 0 Å². The van der Waals surface area contributed by atoms with Gasteiger partial charge in [-0.15, -0.1) is 5.10 Å². The Balaban J connectivity index is 1.58. The fourth-order valence-electron chi connectivity index (χ4n) is 3.17. The minimum Gasteiger partial charge on any atom is -0.332 e. The molecule has 1 atom stereocenters. The molecule has 1 unspecified atom stereocenters. The summed E-state index contributed by atoms with van der Waals surface area (Å²) in [5, 5.41) is 7.82. The maximum atomic E-state index is 12.8. The van der Waals surface area contributed by atoms with E-state index >= 15 is 0 Å². The molecule has 118 valence electrons. The van der Waals surface area contributed by atoms with E-state index in [0.29, 0.717) is 12.2 Å². The predicted molar refractivity (Wildman–Crippen MR) is 84.0 cm³/mol. The summed E-state index contributed by atoms with van der Waals surface area (Å²) in [6, 6.07) is 4.13. The summed E-state index contributed by atoms with van der Waals surface area (Å²) in [6.07, 6.45) is 9.23. The van der Waals surface area contributed by atoms with E-state index in [0.717, 1.165) is 30.6 Å². The van der Waals surface area contributed by atoms with E-state index in [1.807, 2.05) is 46.9 Å². The largest absolute Gasteiger partial charge is 0.332 e.